The predicted octanol–water partition coefficient (Wildman–Crippen LogP) is 2.66. The summed E-state index contributed by atoms with van der Waals surface area (Å²) in [5, 5.41) is 14.4. The first-order valence-corrected chi connectivity index (χ1v) is 8.34. The van der Waals surface area contributed by atoms with Gasteiger partial charge in [-0.3, -0.25) is 4.79 Å². The number of anilines is 1. The number of rotatable bonds is 6. The third-order valence-electron chi connectivity index (χ3n) is 4.69. The molecule has 1 amide bonds. The molecule has 24 heavy (non-hydrogen) atoms. The molecule has 1 aliphatic carbocycles. The third-order valence-corrected chi connectivity index (χ3v) is 4.69. The normalized spacial score (nSPS) is 16.5. The molecule has 0 saturated heterocycles. The lowest BCUT2D eigenvalue weighted by molar-refractivity contribution is -0.119. The Balaban J connectivity index is 1.68. The molecule has 0 unspecified atom stereocenters. The van der Waals surface area contributed by atoms with Crippen molar-refractivity contribution in [2.75, 3.05) is 12.4 Å². The van der Waals surface area contributed by atoms with Gasteiger partial charge in [0.2, 0.25) is 5.91 Å². The van der Waals surface area contributed by atoms with E-state index in [0.717, 1.165) is 37.1 Å². The molecule has 0 bridgehead atoms. The Morgan fingerprint density at radius 1 is 1.33 bits per heavy atom. The lowest BCUT2D eigenvalue weighted by Gasteiger charge is -2.36. The Morgan fingerprint density at radius 2 is 2.17 bits per heavy atom. The number of ether oxygens (including phenoxy) is 1. The number of hydrogen-bond acceptors (Lipinski definition) is 5. The maximum Gasteiger partial charge on any atom is 0.225 e. The second-order valence-electron chi connectivity index (χ2n) is 6.52. The van der Waals surface area contributed by atoms with Crippen molar-refractivity contribution in [1.82, 2.24) is 20.2 Å². The van der Waals surface area contributed by atoms with Gasteiger partial charge in [0.25, 0.3) is 0 Å². The Kier molecular flexibility index (Phi) is 5.08. The van der Waals surface area contributed by atoms with E-state index in [-0.39, 0.29) is 11.3 Å². The number of aromatic nitrogens is 4. The fourth-order valence-electron chi connectivity index (χ4n) is 3.54. The number of carbonyl (C=O) groups is 1. The Hall–Kier alpha value is -2.44. The lowest BCUT2D eigenvalue weighted by Crippen LogP contribution is -2.34. The van der Waals surface area contributed by atoms with E-state index < -0.39 is 0 Å². The third kappa shape index (κ3) is 4.10. The Morgan fingerprint density at radius 3 is 2.88 bits per heavy atom. The molecule has 7 nitrogen and oxygen atoms in total. The first-order chi connectivity index (χ1) is 11.7. The van der Waals surface area contributed by atoms with Crippen molar-refractivity contribution in [2.24, 2.45) is 5.41 Å². The Labute approximate surface area is 141 Å². The number of amides is 1. The van der Waals surface area contributed by atoms with E-state index in [2.05, 4.69) is 20.8 Å². The zero-order chi connectivity index (χ0) is 16.8. The number of methoxy groups -OCH3 is 1. The summed E-state index contributed by atoms with van der Waals surface area (Å²) in [5.41, 5.74) is 0.684. The van der Waals surface area contributed by atoms with E-state index in [1.54, 1.807) is 18.1 Å². The number of tetrazole rings is 1. The van der Waals surface area contributed by atoms with Crippen LogP contribution in [0.1, 0.15) is 38.5 Å². The smallest absolute Gasteiger partial charge is 0.225 e. The van der Waals surface area contributed by atoms with Crippen molar-refractivity contribution in [1.29, 1.82) is 0 Å². The molecule has 0 aliphatic heterocycles. The molecule has 1 fully saturated rings. The van der Waals surface area contributed by atoms with Crippen LogP contribution in [-0.2, 0) is 11.3 Å². The van der Waals surface area contributed by atoms with Crippen molar-refractivity contribution in [3.63, 3.8) is 0 Å². The number of nitrogens with one attached hydrogen (secondary N) is 1. The second-order valence-corrected chi connectivity index (χ2v) is 6.52. The Bertz CT molecular complexity index is 665. The van der Waals surface area contributed by atoms with Crippen LogP contribution in [0.5, 0.6) is 5.75 Å². The largest absolute Gasteiger partial charge is 0.497 e. The molecule has 1 aliphatic rings. The minimum absolute atomic E-state index is 0.0261. The standard InChI is InChI=1S/C17H23N5O2/c1-24-15-7-5-6-14(10-15)19-16(23)11-17(8-3-2-4-9-17)12-22-13-18-20-21-22/h5-7,10,13H,2-4,8-9,11-12H2,1H3,(H,19,23). The summed E-state index contributed by atoms with van der Waals surface area (Å²) in [7, 11) is 1.62. The van der Waals surface area contributed by atoms with E-state index in [4.69, 9.17) is 4.74 Å². The highest BCUT2D eigenvalue weighted by molar-refractivity contribution is 5.91. The van der Waals surface area contributed by atoms with Crippen molar-refractivity contribution >= 4 is 11.6 Å². The van der Waals surface area contributed by atoms with Crippen LogP contribution in [-0.4, -0.2) is 33.2 Å². The maximum atomic E-state index is 12.6. The van der Waals surface area contributed by atoms with Crippen molar-refractivity contribution in [3.05, 3.63) is 30.6 Å². The minimum atomic E-state index is -0.0728. The van der Waals surface area contributed by atoms with Gasteiger partial charge >= 0.3 is 0 Å². The van der Waals surface area contributed by atoms with Crippen LogP contribution in [0.25, 0.3) is 0 Å². The van der Waals surface area contributed by atoms with Crippen molar-refractivity contribution < 1.29 is 9.53 Å². The van der Waals surface area contributed by atoms with Gasteiger partial charge in [-0.15, -0.1) is 5.10 Å². The zero-order valence-corrected chi connectivity index (χ0v) is 13.9. The van der Waals surface area contributed by atoms with E-state index in [1.165, 1.54) is 6.42 Å². The summed E-state index contributed by atoms with van der Waals surface area (Å²) in [6, 6.07) is 7.42. The van der Waals surface area contributed by atoms with Crippen LogP contribution in [0, 0.1) is 5.41 Å². The van der Waals surface area contributed by atoms with Gasteiger partial charge in [0.1, 0.15) is 12.1 Å². The molecular weight excluding hydrogens is 306 g/mol. The first kappa shape index (κ1) is 16.4. The van der Waals surface area contributed by atoms with Gasteiger partial charge in [0.05, 0.1) is 13.7 Å². The number of benzene rings is 1. The van der Waals surface area contributed by atoms with Gasteiger partial charge in [0.15, 0.2) is 0 Å². The molecule has 128 valence electrons. The SMILES string of the molecule is COc1cccc(NC(=O)CC2(Cn3cnnn3)CCCCC2)c1. The summed E-state index contributed by atoms with van der Waals surface area (Å²) in [6.45, 7) is 0.686. The molecular formula is C17H23N5O2. The molecule has 2 aromatic rings. The molecule has 1 N–H and O–H groups in total. The maximum absolute atomic E-state index is 12.6. The summed E-state index contributed by atoms with van der Waals surface area (Å²) in [4.78, 5) is 12.6. The van der Waals surface area contributed by atoms with E-state index in [9.17, 15) is 4.79 Å². The monoisotopic (exact) mass is 329 g/mol. The molecule has 1 heterocycles. The topological polar surface area (TPSA) is 81.9 Å². The molecule has 7 heteroatoms. The van der Waals surface area contributed by atoms with Crippen LogP contribution in [0.3, 0.4) is 0 Å². The summed E-state index contributed by atoms with van der Waals surface area (Å²) < 4.78 is 6.94. The minimum Gasteiger partial charge on any atom is -0.497 e. The van der Waals surface area contributed by atoms with Crippen LogP contribution in [0.15, 0.2) is 30.6 Å². The van der Waals surface area contributed by atoms with Crippen LogP contribution in [0.2, 0.25) is 0 Å². The molecule has 1 aromatic carbocycles. The molecule has 0 spiro atoms. The molecule has 1 saturated carbocycles. The molecule has 3 rings (SSSR count). The van der Waals surface area contributed by atoms with Gasteiger partial charge in [-0.25, -0.2) is 4.68 Å². The molecule has 0 atom stereocenters. The van der Waals surface area contributed by atoms with Crippen LogP contribution in [0.4, 0.5) is 5.69 Å². The van der Waals surface area contributed by atoms with Gasteiger partial charge in [-0.1, -0.05) is 25.3 Å². The van der Waals surface area contributed by atoms with Crippen molar-refractivity contribution in [3.8, 4) is 5.75 Å². The van der Waals surface area contributed by atoms with E-state index >= 15 is 0 Å². The predicted molar refractivity (Wildman–Crippen MR) is 89.6 cm³/mol. The lowest BCUT2D eigenvalue weighted by atomic mass is 9.71. The molecule has 1 aromatic heterocycles. The number of nitrogens with zero attached hydrogens (tertiary/aromatic N) is 4. The number of hydrogen-bond donors (Lipinski definition) is 1. The van der Waals surface area contributed by atoms with Gasteiger partial charge in [-0.2, -0.15) is 0 Å². The van der Waals surface area contributed by atoms with E-state index in [1.807, 2.05) is 24.3 Å². The molecule has 0 radical (unpaired) electrons. The van der Waals surface area contributed by atoms with Crippen molar-refractivity contribution in [2.45, 2.75) is 45.1 Å². The van der Waals surface area contributed by atoms with Crippen LogP contribution >= 0.6 is 0 Å². The van der Waals surface area contributed by atoms with E-state index in [0.29, 0.717) is 13.0 Å². The second kappa shape index (κ2) is 7.42. The average Bonchev–Trinajstić information content (AvgIpc) is 3.08. The highest BCUT2D eigenvalue weighted by Crippen LogP contribution is 2.40. The van der Waals surface area contributed by atoms with Gasteiger partial charge in [-0.05, 0) is 40.8 Å². The van der Waals surface area contributed by atoms with Gasteiger partial charge < -0.3 is 10.1 Å². The highest BCUT2D eigenvalue weighted by Gasteiger charge is 2.35. The van der Waals surface area contributed by atoms with Crippen LogP contribution < -0.4 is 10.1 Å². The average molecular weight is 329 g/mol. The quantitative estimate of drug-likeness (QED) is 0.881. The summed E-state index contributed by atoms with van der Waals surface area (Å²) >= 11 is 0. The summed E-state index contributed by atoms with van der Waals surface area (Å²) in [6.07, 6.45) is 7.68. The fraction of sp³-hybridized carbons (Fsp3) is 0.529. The highest BCUT2D eigenvalue weighted by atomic mass is 16.5. The fourth-order valence-corrected chi connectivity index (χ4v) is 3.54. The summed E-state index contributed by atoms with van der Waals surface area (Å²) in [5.74, 6) is 0.757. The van der Waals surface area contributed by atoms with Gasteiger partial charge in [0, 0.05) is 18.2 Å². The zero-order valence-electron chi connectivity index (χ0n) is 13.9. The first-order valence-electron chi connectivity index (χ1n) is 8.34. The number of carbonyl (C=O) groups excluding carboxylic acids is 1.